The van der Waals surface area contributed by atoms with Gasteiger partial charge in [0, 0.05) is 12.1 Å². The Hall–Kier alpha value is -2.03. The Balaban J connectivity index is 1.79. The van der Waals surface area contributed by atoms with Gasteiger partial charge in [0.05, 0.1) is 12.0 Å². The molecule has 0 bridgehead atoms. The van der Waals surface area contributed by atoms with Crippen LogP contribution in [0.25, 0.3) is 11.5 Å². The van der Waals surface area contributed by atoms with Gasteiger partial charge in [0.25, 0.3) is 0 Å². The quantitative estimate of drug-likeness (QED) is 0.554. The summed E-state index contributed by atoms with van der Waals surface area (Å²) in [6.45, 7) is 3.99. The van der Waals surface area contributed by atoms with Gasteiger partial charge in [0.15, 0.2) is 10.9 Å². The number of carbonyl (C=O) groups is 1. The molecule has 5 nitrogen and oxygen atoms in total. The van der Waals surface area contributed by atoms with Gasteiger partial charge in [-0.25, -0.2) is 9.97 Å². The van der Waals surface area contributed by atoms with Gasteiger partial charge in [-0.05, 0) is 51.3 Å². The molecular weight excluding hydrogens is 379 g/mol. The van der Waals surface area contributed by atoms with E-state index in [0.29, 0.717) is 0 Å². The molecule has 1 aliphatic heterocycles. The molecule has 0 aromatic carbocycles. The van der Waals surface area contributed by atoms with E-state index in [1.165, 1.54) is 12.3 Å². The number of furan rings is 1. The van der Waals surface area contributed by atoms with E-state index in [2.05, 4.69) is 9.97 Å². The first-order valence-electron chi connectivity index (χ1n) is 8.70. The zero-order chi connectivity index (χ0) is 19.6. The molecule has 0 spiro atoms. The first-order chi connectivity index (χ1) is 12.8. The molecule has 146 valence electrons. The average Bonchev–Trinajstić information content (AvgIpc) is 3.13. The van der Waals surface area contributed by atoms with Gasteiger partial charge in [0.1, 0.15) is 11.4 Å². The van der Waals surface area contributed by atoms with Crippen LogP contribution in [0.4, 0.5) is 13.2 Å². The number of halogens is 3. The van der Waals surface area contributed by atoms with E-state index in [4.69, 9.17) is 4.42 Å². The molecule has 1 saturated heterocycles. The number of aromatic nitrogens is 2. The summed E-state index contributed by atoms with van der Waals surface area (Å²) in [6.07, 6.45) is -0.310. The number of nitrogens with zero attached hydrogens (tertiary/aromatic N) is 3. The third-order valence-electron chi connectivity index (χ3n) is 4.58. The first kappa shape index (κ1) is 19.7. The number of piperidine rings is 1. The highest BCUT2D eigenvalue weighted by Crippen LogP contribution is 2.32. The summed E-state index contributed by atoms with van der Waals surface area (Å²) in [5.41, 5.74) is -1.02. The van der Waals surface area contributed by atoms with Crippen molar-refractivity contribution < 1.29 is 22.4 Å². The van der Waals surface area contributed by atoms with Crippen LogP contribution in [0, 0.1) is 0 Å². The van der Waals surface area contributed by atoms with Crippen molar-refractivity contribution in [2.75, 3.05) is 5.75 Å². The van der Waals surface area contributed by atoms with Crippen molar-refractivity contribution in [3.05, 3.63) is 30.2 Å². The highest BCUT2D eigenvalue weighted by Gasteiger charge is 2.34. The first-order valence-corrected chi connectivity index (χ1v) is 9.68. The molecule has 2 aromatic heterocycles. The monoisotopic (exact) mass is 399 g/mol. The van der Waals surface area contributed by atoms with Crippen LogP contribution in [0.5, 0.6) is 0 Å². The molecule has 0 unspecified atom stereocenters. The molecule has 1 aliphatic rings. The average molecular weight is 399 g/mol. The lowest BCUT2D eigenvalue weighted by atomic mass is 9.98. The van der Waals surface area contributed by atoms with Crippen LogP contribution in [0.3, 0.4) is 0 Å². The summed E-state index contributed by atoms with van der Waals surface area (Å²) in [5.74, 6) is 0.0998. The zero-order valence-corrected chi connectivity index (χ0v) is 15.8. The van der Waals surface area contributed by atoms with Crippen molar-refractivity contribution in [2.24, 2.45) is 0 Å². The fourth-order valence-electron chi connectivity index (χ4n) is 3.30. The van der Waals surface area contributed by atoms with Crippen molar-refractivity contribution in [2.45, 2.75) is 56.5 Å². The number of likely N-dealkylation sites (tertiary alicyclic amines) is 1. The van der Waals surface area contributed by atoms with E-state index in [0.717, 1.165) is 37.1 Å². The molecule has 0 saturated carbocycles. The fourth-order valence-corrected chi connectivity index (χ4v) is 4.03. The Labute approximate surface area is 159 Å². The topological polar surface area (TPSA) is 59.2 Å². The van der Waals surface area contributed by atoms with Crippen molar-refractivity contribution in [1.82, 2.24) is 14.9 Å². The van der Waals surface area contributed by atoms with Crippen LogP contribution in [-0.2, 0) is 11.0 Å². The molecule has 2 atom stereocenters. The van der Waals surface area contributed by atoms with Gasteiger partial charge in [-0.2, -0.15) is 13.2 Å². The van der Waals surface area contributed by atoms with E-state index in [1.807, 2.05) is 18.7 Å². The van der Waals surface area contributed by atoms with E-state index in [1.54, 1.807) is 6.07 Å². The fraction of sp³-hybridized carbons (Fsp3) is 0.500. The maximum Gasteiger partial charge on any atom is 0.433 e. The van der Waals surface area contributed by atoms with Crippen LogP contribution in [-0.4, -0.2) is 38.6 Å². The highest BCUT2D eigenvalue weighted by molar-refractivity contribution is 7.99. The summed E-state index contributed by atoms with van der Waals surface area (Å²) in [4.78, 5) is 22.1. The minimum atomic E-state index is -4.61. The van der Waals surface area contributed by atoms with Gasteiger partial charge in [0.2, 0.25) is 5.91 Å². The molecule has 2 aromatic rings. The van der Waals surface area contributed by atoms with Gasteiger partial charge < -0.3 is 9.32 Å². The van der Waals surface area contributed by atoms with Crippen molar-refractivity contribution in [1.29, 1.82) is 0 Å². The Morgan fingerprint density at radius 3 is 2.59 bits per heavy atom. The molecule has 3 rings (SSSR count). The Morgan fingerprint density at radius 2 is 2.00 bits per heavy atom. The van der Waals surface area contributed by atoms with E-state index < -0.39 is 11.9 Å². The van der Waals surface area contributed by atoms with Crippen LogP contribution in [0.15, 0.2) is 34.0 Å². The highest BCUT2D eigenvalue weighted by atomic mass is 32.2. The second-order valence-electron chi connectivity index (χ2n) is 6.61. The van der Waals surface area contributed by atoms with Crippen LogP contribution < -0.4 is 0 Å². The summed E-state index contributed by atoms with van der Waals surface area (Å²) < 4.78 is 44.7. The third-order valence-corrected chi connectivity index (χ3v) is 5.41. The molecule has 0 radical (unpaired) electrons. The lowest BCUT2D eigenvalue weighted by molar-refractivity contribution is -0.141. The smallest absolute Gasteiger partial charge is 0.433 e. The number of rotatable bonds is 4. The number of alkyl halides is 3. The molecule has 0 aliphatic carbocycles. The van der Waals surface area contributed by atoms with Crippen molar-refractivity contribution in [3.8, 4) is 11.5 Å². The maximum absolute atomic E-state index is 13.2. The minimum Gasteiger partial charge on any atom is -0.463 e. The number of hydrogen-bond donors (Lipinski definition) is 0. The lowest BCUT2D eigenvalue weighted by Crippen LogP contribution is -2.48. The van der Waals surface area contributed by atoms with Gasteiger partial charge in [-0.1, -0.05) is 11.8 Å². The zero-order valence-electron chi connectivity index (χ0n) is 15.0. The molecule has 3 heterocycles. The lowest BCUT2D eigenvalue weighted by Gasteiger charge is -2.39. The predicted octanol–water partition coefficient (Wildman–Crippen LogP) is 4.64. The molecule has 0 N–H and O–H groups in total. The largest absolute Gasteiger partial charge is 0.463 e. The van der Waals surface area contributed by atoms with Crippen molar-refractivity contribution in [3.63, 3.8) is 0 Å². The predicted molar refractivity (Wildman–Crippen MR) is 95.1 cm³/mol. The summed E-state index contributed by atoms with van der Waals surface area (Å²) in [6, 6.07) is 4.20. The van der Waals surface area contributed by atoms with E-state index in [-0.39, 0.29) is 40.4 Å². The number of carbonyl (C=O) groups excluding carboxylic acids is 1. The van der Waals surface area contributed by atoms with Gasteiger partial charge >= 0.3 is 6.18 Å². The number of amides is 1. The normalized spacial score (nSPS) is 20.7. The SMILES string of the molecule is C[C@@H]1CCC[C@H](C)N1C(=O)CSc1nc(-c2ccco2)cc(C(F)(F)F)n1. The van der Waals surface area contributed by atoms with E-state index in [9.17, 15) is 18.0 Å². The van der Waals surface area contributed by atoms with E-state index >= 15 is 0 Å². The van der Waals surface area contributed by atoms with Crippen LogP contribution >= 0.6 is 11.8 Å². The Bertz CT molecular complexity index is 786. The standard InChI is InChI=1S/C18H20F3N3O2S/c1-11-5-3-6-12(2)24(11)16(25)10-27-17-22-13(14-7-4-8-26-14)9-15(23-17)18(19,20)21/h4,7-9,11-12H,3,5-6,10H2,1-2H3/t11-,12+. The summed E-state index contributed by atoms with van der Waals surface area (Å²) in [5, 5.41) is -0.0955. The van der Waals surface area contributed by atoms with Crippen molar-refractivity contribution >= 4 is 17.7 Å². The molecule has 27 heavy (non-hydrogen) atoms. The summed E-state index contributed by atoms with van der Waals surface area (Å²) in [7, 11) is 0. The Morgan fingerprint density at radius 1 is 1.30 bits per heavy atom. The minimum absolute atomic E-state index is 0.00636. The van der Waals surface area contributed by atoms with Crippen LogP contribution in [0.2, 0.25) is 0 Å². The molecule has 9 heteroatoms. The van der Waals surface area contributed by atoms with Gasteiger partial charge in [-0.3, -0.25) is 4.79 Å². The second kappa shape index (κ2) is 7.92. The number of thioether (sulfide) groups is 1. The third kappa shape index (κ3) is 4.63. The summed E-state index contributed by atoms with van der Waals surface area (Å²) >= 11 is 0.913. The maximum atomic E-state index is 13.2. The molecular formula is C18H20F3N3O2S. The van der Waals surface area contributed by atoms with Gasteiger partial charge in [-0.15, -0.1) is 0 Å². The molecule has 1 amide bonds. The molecule has 1 fully saturated rings. The Kier molecular flexibility index (Phi) is 5.78. The van der Waals surface area contributed by atoms with Crippen LogP contribution in [0.1, 0.15) is 38.8 Å². The second-order valence-corrected chi connectivity index (χ2v) is 7.56. The number of hydrogen-bond acceptors (Lipinski definition) is 5.